The zero-order valence-corrected chi connectivity index (χ0v) is 13.7. The number of aromatic nitrogens is 1. The van der Waals surface area contributed by atoms with Crippen LogP contribution < -0.4 is 10.6 Å². The van der Waals surface area contributed by atoms with Gasteiger partial charge in [0.1, 0.15) is 5.69 Å². The molecule has 5 nitrogen and oxygen atoms in total. The normalized spacial score (nSPS) is 14.4. The van der Waals surface area contributed by atoms with Crippen LogP contribution in [0.4, 0.5) is 11.4 Å². The van der Waals surface area contributed by atoms with Crippen LogP contribution in [0.1, 0.15) is 53.5 Å². The third-order valence-corrected chi connectivity index (χ3v) is 4.24. The van der Waals surface area contributed by atoms with Crippen molar-refractivity contribution in [1.82, 2.24) is 10.3 Å². The van der Waals surface area contributed by atoms with Crippen LogP contribution in [0, 0.1) is 0 Å². The molecule has 3 rings (SSSR count). The molecule has 5 heteroatoms. The van der Waals surface area contributed by atoms with Crippen LogP contribution in [0.3, 0.4) is 0 Å². The zero-order valence-electron chi connectivity index (χ0n) is 13.7. The van der Waals surface area contributed by atoms with Crippen molar-refractivity contribution in [2.24, 2.45) is 0 Å². The van der Waals surface area contributed by atoms with E-state index in [0.717, 1.165) is 24.2 Å². The lowest BCUT2D eigenvalue weighted by atomic mass is 10.1. The van der Waals surface area contributed by atoms with E-state index < -0.39 is 0 Å². The minimum absolute atomic E-state index is 0.0238. The van der Waals surface area contributed by atoms with E-state index in [4.69, 9.17) is 0 Å². The van der Waals surface area contributed by atoms with Crippen molar-refractivity contribution in [2.45, 2.75) is 38.6 Å². The summed E-state index contributed by atoms with van der Waals surface area (Å²) in [4.78, 5) is 27.8. The highest BCUT2D eigenvalue weighted by Gasteiger charge is 2.18. The molecule has 2 N–H and O–H groups in total. The van der Waals surface area contributed by atoms with Crippen LogP contribution in [0.2, 0.25) is 0 Å². The monoisotopic (exact) mass is 323 g/mol. The zero-order chi connectivity index (χ0) is 16.9. The van der Waals surface area contributed by atoms with Gasteiger partial charge in [-0.3, -0.25) is 9.59 Å². The van der Waals surface area contributed by atoms with Crippen molar-refractivity contribution >= 4 is 23.1 Å². The number of carbonyl (C=O) groups excluding carboxylic acids is 2. The van der Waals surface area contributed by atoms with Crippen LogP contribution in [0.25, 0.3) is 0 Å². The first-order chi connectivity index (χ1) is 11.6. The Hall–Kier alpha value is -2.69. The molecule has 1 fully saturated rings. The summed E-state index contributed by atoms with van der Waals surface area (Å²) in [5.41, 5.74) is 2.66. The van der Waals surface area contributed by atoms with Crippen LogP contribution in [0.5, 0.6) is 0 Å². The van der Waals surface area contributed by atoms with Gasteiger partial charge in [0, 0.05) is 17.3 Å². The minimum Gasteiger partial charge on any atom is -0.354 e. The van der Waals surface area contributed by atoms with E-state index in [1.54, 1.807) is 31.3 Å². The standard InChI is InChI=1S/C19H21N3O2/c1-13(23)14-5-4-8-16(11-14)21-17-9-10-18(20-12-17)19(24)22-15-6-2-3-7-15/h4-5,8-12,15,21H,2-3,6-7H2,1H3,(H,22,24). The van der Waals surface area contributed by atoms with E-state index in [1.807, 2.05) is 18.2 Å². The lowest BCUT2D eigenvalue weighted by Gasteiger charge is -2.12. The van der Waals surface area contributed by atoms with Gasteiger partial charge in [-0.2, -0.15) is 0 Å². The molecule has 2 aromatic rings. The molecule has 1 aromatic carbocycles. The summed E-state index contributed by atoms with van der Waals surface area (Å²) in [5, 5.41) is 6.22. The summed E-state index contributed by atoms with van der Waals surface area (Å²) < 4.78 is 0. The third kappa shape index (κ3) is 3.98. The molecule has 1 amide bonds. The number of hydrogen-bond acceptors (Lipinski definition) is 4. The maximum absolute atomic E-state index is 12.2. The first-order valence-corrected chi connectivity index (χ1v) is 8.27. The van der Waals surface area contributed by atoms with E-state index in [1.165, 1.54) is 12.8 Å². The van der Waals surface area contributed by atoms with Gasteiger partial charge in [0.25, 0.3) is 5.91 Å². The molecule has 1 saturated carbocycles. The number of ketones is 1. The smallest absolute Gasteiger partial charge is 0.270 e. The van der Waals surface area contributed by atoms with Gasteiger partial charge in [-0.05, 0) is 44.0 Å². The summed E-state index contributed by atoms with van der Waals surface area (Å²) in [5.74, 6) is -0.0947. The van der Waals surface area contributed by atoms with Crippen molar-refractivity contribution in [1.29, 1.82) is 0 Å². The number of hydrogen-bond donors (Lipinski definition) is 2. The maximum Gasteiger partial charge on any atom is 0.270 e. The molecule has 1 aliphatic rings. The minimum atomic E-state index is -0.118. The lowest BCUT2D eigenvalue weighted by molar-refractivity contribution is 0.0932. The molecule has 0 atom stereocenters. The second kappa shape index (κ2) is 7.25. The number of rotatable bonds is 5. The molecule has 0 spiro atoms. The highest BCUT2D eigenvalue weighted by atomic mass is 16.2. The molecular weight excluding hydrogens is 302 g/mol. The molecule has 1 aromatic heterocycles. The highest BCUT2D eigenvalue weighted by molar-refractivity contribution is 5.95. The predicted octanol–water partition coefficient (Wildman–Crippen LogP) is 3.70. The molecule has 1 heterocycles. The number of pyridine rings is 1. The van der Waals surface area contributed by atoms with Gasteiger partial charge in [0.05, 0.1) is 11.9 Å². The molecule has 0 aliphatic heterocycles. The molecule has 0 bridgehead atoms. The van der Waals surface area contributed by atoms with Gasteiger partial charge in [-0.25, -0.2) is 4.98 Å². The lowest BCUT2D eigenvalue weighted by Crippen LogP contribution is -2.33. The number of carbonyl (C=O) groups is 2. The summed E-state index contributed by atoms with van der Waals surface area (Å²) in [6.45, 7) is 1.54. The fourth-order valence-electron chi connectivity index (χ4n) is 2.91. The molecular formula is C19H21N3O2. The van der Waals surface area contributed by atoms with Crippen molar-refractivity contribution < 1.29 is 9.59 Å². The Bertz CT molecular complexity index is 735. The highest BCUT2D eigenvalue weighted by Crippen LogP contribution is 2.19. The Balaban J connectivity index is 1.64. The number of amides is 1. The number of nitrogens with one attached hydrogen (secondary N) is 2. The van der Waals surface area contributed by atoms with Crippen molar-refractivity contribution in [3.63, 3.8) is 0 Å². The summed E-state index contributed by atoms with van der Waals surface area (Å²) in [6.07, 6.45) is 6.10. The Morgan fingerprint density at radius 1 is 1.08 bits per heavy atom. The van der Waals surface area contributed by atoms with Crippen LogP contribution in [-0.4, -0.2) is 22.7 Å². The van der Waals surface area contributed by atoms with Gasteiger partial charge >= 0.3 is 0 Å². The molecule has 124 valence electrons. The number of nitrogens with zero attached hydrogens (tertiary/aromatic N) is 1. The molecule has 1 aliphatic carbocycles. The number of benzene rings is 1. The Kier molecular flexibility index (Phi) is 4.89. The predicted molar refractivity (Wildman–Crippen MR) is 93.7 cm³/mol. The Labute approximate surface area is 141 Å². The maximum atomic E-state index is 12.2. The van der Waals surface area contributed by atoms with Crippen LogP contribution in [0.15, 0.2) is 42.6 Å². The number of anilines is 2. The van der Waals surface area contributed by atoms with E-state index in [9.17, 15) is 9.59 Å². The second-order valence-corrected chi connectivity index (χ2v) is 6.15. The molecule has 24 heavy (non-hydrogen) atoms. The van der Waals surface area contributed by atoms with Crippen molar-refractivity contribution in [3.8, 4) is 0 Å². The van der Waals surface area contributed by atoms with E-state index in [0.29, 0.717) is 11.3 Å². The first-order valence-electron chi connectivity index (χ1n) is 8.27. The van der Waals surface area contributed by atoms with Crippen molar-refractivity contribution in [2.75, 3.05) is 5.32 Å². The average Bonchev–Trinajstić information content (AvgIpc) is 3.08. The largest absolute Gasteiger partial charge is 0.354 e. The molecule has 0 saturated heterocycles. The molecule has 0 unspecified atom stereocenters. The summed E-state index contributed by atoms with van der Waals surface area (Å²) >= 11 is 0. The van der Waals surface area contributed by atoms with E-state index in [-0.39, 0.29) is 17.7 Å². The summed E-state index contributed by atoms with van der Waals surface area (Å²) in [6, 6.07) is 11.1. The van der Waals surface area contributed by atoms with Crippen LogP contribution >= 0.6 is 0 Å². The third-order valence-electron chi connectivity index (χ3n) is 4.24. The van der Waals surface area contributed by atoms with Gasteiger partial charge < -0.3 is 10.6 Å². The fraction of sp³-hybridized carbons (Fsp3) is 0.316. The fourth-order valence-corrected chi connectivity index (χ4v) is 2.91. The van der Waals surface area contributed by atoms with Crippen LogP contribution in [-0.2, 0) is 0 Å². The Morgan fingerprint density at radius 2 is 1.88 bits per heavy atom. The van der Waals surface area contributed by atoms with Gasteiger partial charge in [0.2, 0.25) is 0 Å². The average molecular weight is 323 g/mol. The molecule has 0 radical (unpaired) electrons. The second-order valence-electron chi connectivity index (χ2n) is 6.15. The summed E-state index contributed by atoms with van der Waals surface area (Å²) in [7, 11) is 0. The van der Waals surface area contributed by atoms with Crippen molar-refractivity contribution in [3.05, 3.63) is 53.9 Å². The number of Topliss-reactive ketones (excluding diaryl/α,β-unsaturated/α-hetero) is 1. The van der Waals surface area contributed by atoms with Gasteiger partial charge in [0.15, 0.2) is 5.78 Å². The Morgan fingerprint density at radius 3 is 2.54 bits per heavy atom. The van der Waals surface area contributed by atoms with Gasteiger partial charge in [-0.1, -0.05) is 25.0 Å². The quantitative estimate of drug-likeness (QED) is 0.823. The van der Waals surface area contributed by atoms with Gasteiger partial charge in [-0.15, -0.1) is 0 Å². The van der Waals surface area contributed by atoms with E-state index in [2.05, 4.69) is 15.6 Å². The first kappa shape index (κ1) is 16.2. The van der Waals surface area contributed by atoms with E-state index >= 15 is 0 Å². The SMILES string of the molecule is CC(=O)c1cccc(Nc2ccc(C(=O)NC3CCCC3)nc2)c1. The topological polar surface area (TPSA) is 71.1 Å².